The number of benzene rings is 1. The largest absolute Gasteiger partial charge is 0.475 e. The molecule has 0 aliphatic carbocycles. The van der Waals surface area contributed by atoms with E-state index in [1.165, 1.54) is 5.56 Å². The lowest BCUT2D eigenvalue weighted by Gasteiger charge is -2.40. The molecular formula is C13H17NO2. The van der Waals surface area contributed by atoms with Crippen LogP contribution in [0.5, 0.6) is 5.75 Å². The molecule has 16 heavy (non-hydrogen) atoms. The SMILES string of the molecule is CCC1(Oc2ccc(C)cc2C)CNC1=O. The van der Waals surface area contributed by atoms with Crippen molar-refractivity contribution in [2.45, 2.75) is 32.8 Å². The van der Waals surface area contributed by atoms with Gasteiger partial charge in [0, 0.05) is 0 Å². The molecule has 1 fully saturated rings. The quantitative estimate of drug-likeness (QED) is 0.789. The minimum Gasteiger partial charge on any atom is -0.475 e. The molecule has 1 aliphatic heterocycles. The number of β-lactam (4-membered cyclic amide) rings is 1. The Labute approximate surface area is 95.8 Å². The average Bonchev–Trinajstić information content (AvgIpc) is 2.26. The summed E-state index contributed by atoms with van der Waals surface area (Å²) in [6, 6.07) is 6.01. The zero-order valence-electron chi connectivity index (χ0n) is 9.96. The molecule has 86 valence electrons. The molecule has 3 heteroatoms. The van der Waals surface area contributed by atoms with E-state index in [-0.39, 0.29) is 5.91 Å². The summed E-state index contributed by atoms with van der Waals surface area (Å²) in [7, 11) is 0. The van der Waals surface area contributed by atoms with Crippen LogP contribution in [0.2, 0.25) is 0 Å². The monoisotopic (exact) mass is 219 g/mol. The smallest absolute Gasteiger partial charge is 0.266 e. The molecule has 1 aromatic rings. The highest BCUT2D eigenvalue weighted by atomic mass is 16.5. The maximum absolute atomic E-state index is 11.5. The predicted octanol–water partition coefficient (Wildman–Crippen LogP) is 1.96. The third-order valence-electron chi connectivity index (χ3n) is 3.16. The van der Waals surface area contributed by atoms with E-state index in [4.69, 9.17) is 4.74 Å². The fourth-order valence-electron chi connectivity index (χ4n) is 1.92. The van der Waals surface area contributed by atoms with Gasteiger partial charge in [0.25, 0.3) is 5.91 Å². The Morgan fingerprint density at radius 1 is 1.44 bits per heavy atom. The predicted molar refractivity (Wildman–Crippen MR) is 62.6 cm³/mol. The Morgan fingerprint density at radius 2 is 2.19 bits per heavy atom. The third kappa shape index (κ3) is 1.66. The van der Waals surface area contributed by atoms with Crippen LogP contribution in [0.15, 0.2) is 18.2 Å². The second-order valence-electron chi connectivity index (χ2n) is 4.40. The van der Waals surface area contributed by atoms with Crippen LogP contribution in [0.4, 0.5) is 0 Å². The Morgan fingerprint density at radius 3 is 2.62 bits per heavy atom. The average molecular weight is 219 g/mol. The molecule has 0 radical (unpaired) electrons. The van der Waals surface area contributed by atoms with Crippen LogP contribution in [0, 0.1) is 13.8 Å². The van der Waals surface area contributed by atoms with Crippen molar-refractivity contribution in [3.8, 4) is 5.75 Å². The summed E-state index contributed by atoms with van der Waals surface area (Å²) >= 11 is 0. The number of nitrogens with one attached hydrogen (secondary N) is 1. The van der Waals surface area contributed by atoms with Gasteiger partial charge < -0.3 is 10.1 Å². The lowest BCUT2D eigenvalue weighted by atomic mass is 9.92. The molecule has 1 heterocycles. The van der Waals surface area contributed by atoms with Gasteiger partial charge in [-0.25, -0.2) is 0 Å². The van der Waals surface area contributed by atoms with E-state index in [0.717, 1.165) is 11.3 Å². The lowest BCUT2D eigenvalue weighted by molar-refractivity contribution is -0.148. The first-order chi connectivity index (χ1) is 7.57. The highest BCUT2D eigenvalue weighted by Crippen LogP contribution is 2.28. The van der Waals surface area contributed by atoms with E-state index in [0.29, 0.717) is 13.0 Å². The van der Waals surface area contributed by atoms with Crippen molar-refractivity contribution in [3.05, 3.63) is 29.3 Å². The van der Waals surface area contributed by atoms with Gasteiger partial charge in [0.2, 0.25) is 5.60 Å². The van der Waals surface area contributed by atoms with Gasteiger partial charge in [-0.3, -0.25) is 4.79 Å². The molecule has 0 bridgehead atoms. The summed E-state index contributed by atoms with van der Waals surface area (Å²) < 4.78 is 5.87. The normalized spacial score (nSPS) is 23.6. The van der Waals surface area contributed by atoms with Crippen molar-refractivity contribution in [3.63, 3.8) is 0 Å². The number of hydrogen-bond acceptors (Lipinski definition) is 2. The van der Waals surface area contributed by atoms with Crippen LogP contribution in [0.25, 0.3) is 0 Å². The Bertz CT molecular complexity index is 424. The van der Waals surface area contributed by atoms with Crippen molar-refractivity contribution in [2.75, 3.05) is 6.54 Å². The van der Waals surface area contributed by atoms with Gasteiger partial charge in [-0.05, 0) is 31.9 Å². The van der Waals surface area contributed by atoms with Gasteiger partial charge in [0.15, 0.2) is 0 Å². The second kappa shape index (κ2) is 3.81. The minimum absolute atomic E-state index is 0.00465. The van der Waals surface area contributed by atoms with Gasteiger partial charge >= 0.3 is 0 Å². The molecule has 1 saturated heterocycles. The van der Waals surface area contributed by atoms with Gasteiger partial charge in [0.05, 0.1) is 6.54 Å². The first-order valence-corrected chi connectivity index (χ1v) is 5.62. The molecule has 0 saturated carbocycles. The Balaban J connectivity index is 2.23. The standard InChI is InChI=1S/C13H17NO2/c1-4-13(8-14-12(13)15)16-11-6-5-9(2)7-10(11)3/h5-7H,4,8H2,1-3H3,(H,14,15). The molecule has 1 N–H and O–H groups in total. The van der Waals surface area contributed by atoms with Crippen LogP contribution < -0.4 is 10.1 Å². The number of amides is 1. The number of aryl methyl sites for hydroxylation is 2. The third-order valence-corrected chi connectivity index (χ3v) is 3.16. The summed E-state index contributed by atoms with van der Waals surface area (Å²) in [5.74, 6) is 0.803. The molecule has 1 amide bonds. The lowest BCUT2D eigenvalue weighted by Crippen LogP contribution is -2.67. The fourth-order valence-corrected chi connectivity index (χ4v) is 1.92. The van der Waals surface area contributed by atoms with Crippen molar-refractivity contribution in [1.29, 1.82) is 0 Å². The summed E-state index contributed by atoms with van der Waals surface area (Å²) in [4.78, 5) is 11.5. The van der Waals surface area contributed by atoms with Crippen LogP contribution in [0.1, 0.15) is 24.5 Å². The minimum atomic E-state index is -0.639. The molecule has 1 unspecified atom stereocenters. The van der Waals surface area contributed by atoms with Crippen LogP contribution in [-0.4, -0.2) is 18.1 Å². The first-order valence-electron chi connectivity index (χ1n) is 5.62. The summed E-state index contributed by atoms with van der Waals surface area (Å²) in [6.07, 6.45) is 0.701. The Kier molecular flexibility index (Phi) is 2.62. The van der Waals surface area contributed by atoms with Crippen molar-refractivity contribution < 1.29 is 9.53 Å². The summed E-state index contributed by atoms with van der Waals surface area (Å²) in [5, 5.41) is 2.74. The van der Waals surface area contributed by atoms with Gasteiger partial charge in [-0.1, -0.05) is 24.6 Å². The van der Waals surface area contributed by atoms with Crippen LogP contribution >= 0.6 is 0 Å². The first kappa shape index (κ1) is 11.0. The zero-order valence-corrected chi connectivity index (χ0v) is 9.96. The van der Waals surface area contributed by atoms with E-state index in [1.54, 1.807) is 0 Å². The number of carbonyl (C=O) groups is 1. The van der Waals surface area contributed by atoms with E-state index >= 15 is 0 Å². The van der Waals surface area contributed by atoms with Crippen LogP contribution in [-0.2, 0) is 4.79 Å². The number of ether oxygens (including phenoxy) is 1. The van der Waals surface area contributed by atoms with Gasteiger partial charge in [-0.15, -0.1) is 0 Å². The number of hydrogen-bond donors (Lipinski definition) is 1. The van der Waals surface area contributed by atoms with Crippen molar-refractivity contribution in [1.82, 2.24) is 5.32 Å². The van der Waals surface area contributed by atoms with E-state index < -0.39 is 5.60 Å². The van der Waals surface area contributed by atoms with Gasteiger partial charge in [-0.2, -0.15) is 0 Å². The molecule has 0 spiro atoms. The van der Waals surface area contributed by atoms with Crippen molar-refractivity contribution >= 4 is 5.91 Å². The van der Waals surface area contributed by atoms with Crippen molar-refractivity contribution in [2.24, 2.45) is 0 Å². The van der Waals surface area contributed by atoms with Crippen LogP contribution in [0.3, 0.4) is 0 Å². The summed E-state index contributed by atoms with van der Waals surface area (Å²) in [5.41, 5.74) is 1.64. The van der Waals surface area contributed by atoms with E-state index in [1.807, 2.05) is 32.9 Å². The molecule has 1 atom stereocenters. The maximum atomic E-state index is 11.5. The Hall–Kier alpha value is -1.51. The molecule has 1 aromatic carbocycles. The molecule has 1 aliphatic rings. The second-order valence-corrected chi connectivity index (χ2v) is 4.40. The highest BCUT2D eigenvalue weighted by molar-refractivity contribution is 5.91. The number of rotatable bonds is 3. The van der Waals surface area contributed by atoms with E-state index in [2.05, 4.69) is 11.4 Å². The topological polar surface area (TPSA) is 38.3 Å². The molecule has 3 nitrogen and oxygen atoms in total. The zero-order chi connectivity index (χ0) is 11.8. The van der Waals surface area contributed by atoms with E-state index in [9.17, 15) is 4.79 Å². The molecular weight excluding hydrogens is 202 g/mol. The highest BCUT2D eigenvalue weighted by Gasteiger charge is 2.47. The molecule has 0 aromatic heterocycles. The summed E-state index contributed by atoms with van der Waals surface area (Å²) in [6.45, 7) is 6.63. The fraction of sp³-hybridized carbons (Fsp3) is 0.462. The number of carbonyl (C=O) groups excluding carboxylic acids is 1. The molecule has 2 rings (SSSR count). The maximum Gasteiger partial charge on any atom is 0.266 e. The van der Waals surface area contributed by atoms with Gasteiger partial charge in [0.1, 0.15) is 5.75 Å².